The van der Waals surface area contributed by atoms with Gasteiger partial charge in [-0.1, -0.05) is 11.6 Å². The lowest BCUT2D eigenvalue weighted by Crippen LogP contribution is -2.15. The van der Waals surface area contributed by atoms with E-state index in [0.717, 1.165) is 0 Å². The van der Waals surface area contributed by atoms with E-state index in [9.17, 15) is 4.79 Å². The number of hydrogen-bond donors (Lipinski definition) is 2. The van der Waals surface area contributed by atoms with Crippen LogP contribution in [-0.2, 0) is 11.2 Å². The number of nitrogens with one attached hydrogen (secondary N) is 1. The predicted octanol–water partition coefficient (Wildman–Crippen LogP) is 1.95. The second-order valence-corrected chi connectivity index (χ2v) is 4.53. The summed E-state index contributed by atoms with van der Waals surface area (Å²) >= 11 is 7.17. The van der Waals surface area contributed by atoms with Gasteiger partial charge < -0.3 is 11.1 Å². The predicted molar refractivity (Wildman–Crippen MR) is 68.1 cm³/mol. The molecule has 2 rings (SSSR count). The Labute approximate surface area is 107 Å². The molecule has 0 spiro atoms. The minimum Gasteiger partial charge on any atom is -0.375 e. The average Bonchev–Trinajstić information content (AvgIpc) is 2.67. The molecule has 0 aromatic carbocycles. The maximum atomic E-state index is 11.7. The number of carbonyl (C=O) groups is 1. The van der Waals surface area contributed by atoms with E-state index in [1.165, 1.54) is 11.3 Å². The van der Waals surface area contributed by atoms with Crippen LogP contribution in [0.2, 0.25) is 5.02 Å². The maximum absolute atomic E-state index is 11.7. The molecule has 0 fully saturated rings. The highest BCUT2D eigenvalue weighted by Crippen LogP contribution is 2.18. The molecule has 0 radical (unpaired) electrons. The van der Waals surface area contributed by atoms with E-state index in [2.05, 4.69) is 15.3 Å². The second kappa shape index (κ2) is 5.11. The van der Waals surface area contributed by atoms with Gasteiger partial charge in [0, 0.05) is 11.6 Å². The molecule has 0 aliphatic rings. The van der Waals surface area contributed by atoms with Crippen molar-refractivity contribution in [2.75, 3.05) is 11.1 Å². The first kappa shape index (κ1) is 11.8. The Bertz CT molecular complexity index is 543. The number of halogens is 1. The van der Waals surface area contributed by atoms with Gasteiger partial charge in [0.05, 0.1) is 17.1 Å². The lowest BCUT2D eigenvalue weighted by molar-refractivity contribution is -0.115. The number of pyridine rings is 1. The van der Waals surface area contributed by atoms with Crippen LogP contribution in [0.3, 0.4) is 0 Å². The molecule has 2 aromatic heterocycles. The van der Waals surface area contributed by atoms with Crippen molar-refractivity contribution in [2.24, 2.45) is 0 Å². The van der Waals surface area contributed by atoms with Gasteiger partial charge in [-0.2, -0.15) is 0 Å². The molecule has 88 valence electrons. The van der Waals surface area contributed by atoms with Gasteiger partial charge in [0.1, 0.15) is 0 Å². The van der Waals surface area contributed by atoms with Gasteiger partial charge in [-0.25, -0.2) is 9.97 Å². The summed E-state index contributed by atoms with van der Waals surface area (Å²) in [5.41, 5.74) is 6.11. The summed E-state index contributed by atoms with van der Waals surface area (Å²) in [6, 6.07) is 3.35. The van der Waals surface area contributed by atoms with Crippen LogP contribution in [-0.4, -0.2) is 15.9 Å². The maximum Gasteiger partial charge on any atom is 0.231 e. The topological polar surface area (TPSA) is 80.9 Å². The third-order valence-electron chi connectivity index (χ3n) is 1.93. The molecule has 7 heteroatoms. The first-order chi connectivity index (χ1) is 8.15. The first-order valence-electron chi connectivity index (χ1n) is 4.75. The number of rotatable bonds is 3. The molecular formula is C10H9ClN4OS. The standard InChI is InChI=1S/C10H9ClN4OS/c11-7-2-1-3-13-9(7)15-8(16)4-6-5-17-10(12)14-6/h1-3,5H,4H2,(H2,12,14)(H,13,15,16). The highest BCUT2D eigenvalue weighted by molar-refractivity contribution is 7.13. The molecule has 0 atom stereocenters. The summed E-state index contributed by atoms with van der Waals surface area (Å²) < 4.78 is 0. The minimum absolute atomic E-state index is 0.153. The Balaban J connectivity index is 2.01. The number of nitrogens with two attached hydrogens (primary N) is 1. The monoisotopic (exact) mass is 268 g/mol. The Morgan fingerprint density at radius 3 is 3.06 bits per heavy atom. The zero-order chi connectivity index (χ0) is 12.3. The Morgan fingerprint density at radius 1 is 1.59 bits per heavy atom. The van der Waals surface area contributed by atoms with E-state index >= 15 is 0 Å². The second-order valence-electron chi connectivity index (χ2n) is 3.24. The molecule has 2 heterocycles. The van der Waals surface area contributed by atoms with Crippen LogP contribution >= 0.6 is 22.9 Å². The molecule has 3 N–H and O–H groups in total. The summed E-state index contributed by atoms with van der Waals surface area (Å²) in [6.45, 7) is 0. The number of aromatic nitrogens is 2. The zero-order valence-corrected chi connectivity index (χ0v) is 10.3. The van der Waals surface area contributed by atoms with Gasteiger partial charge in [-0.05, 0) is 12.1 Å². The Kier molecular flexibility index (Phi) is 3.55. The number of hydrogen-bond acceptors (Lipinski definition) is 5. The Hall–Kier alpha value is -1.66. The van der Waals surface area contributed by atoms with Gasteiger partial charge in [-0.3, -0.25) is 4.79 Å². The van der Waals surface area contributed by atoms with Crippen molar-refractivity contribution < 1.29 is 4.79 Å². The normalized spacial score (nSPS) is 10.2. The lowest BCUT2D eigenvalue weighted by atomic mass is 10.3. The molecule has 0 saturated heterocycles. The zero-order valence-electron chi connectivity index (χ0n) is 8.68. The van der Waals surface area contributed by atoms with E-state index in [4.69, 9.17) is 17.3 Å². The number of amides is 1. The highest BCUT2D eigenvalue weighted by atomic mass is 35.5. The fraction of sp³-hybridized carbons (Fsp3) is 0.100. The van der Waals surface area contributed by atoms with E-state index < -0.39 is 0 Å². The number of thiazole rings is 1. The summed E-state index contributed by atoms with van der Waals surface area (Å²) in [5.74, 6) is 0.123. The molecule has 2 aromatic rings. The largest absolute Gasteiger partial charge is 0.375 e. The van der Waals surface area contributed by atoms with Crippen molar-refractivity contribution in [3.8, 4) is 0 Å². The van der Waals surface area contributed by atoms with E-state index in [1.54, 1.807) is 23.7 Å². The van der Waals surface area contributed by atoms with Gasteiger partial charge in [-0.15, -0.1) is 11.3 Å². The van der Waals surface area contributed by atoms with Crippen LogP contribution in [0.25, 0.3) is 0 Å². The fourth-order valence-corrected chi connectivity index (χ4v) is 1.95. The van der Waals surface area contributed by atoms with Crippen molar-refractivity contribution in [1.29, 1.82) is 0 Å². The molecule has 1 amide bonds. The van der Waals surface area contributed by atoms with Crippen molar-refractivity contribution in [2.45, 2.75) is 6.42 Å². The third kappa shape index (κ3) is 3.15. The van der Waals surface area contributed by atoms with Gasteiger partial charge in [0.25, 0.3) is 0 Å². The first-order valence-corrected chi connectivity index (χ1v) is 6.01. The SMILES string of the molecule is Nc1nc(CC(=O)Nc2ncccc2Cl)cs1. The number of nitrogens with zero attached hydrogens (tertiary/aromatic N) is 2. The quantitative estimate of drug-likeness (QED) is 0.892. The van der Waals surface area contributed by atoms with Gasteiger partial charge in [0.15, 0.2) is 10.9 Å². The third-order valence-corrected chi connectivity index (χ3v) is 2.96. The van der Waals surface area contributed by atoms with Crippen molar-refractivity contribution >= 4 is 39.8 Å². The molecule has 0 aliphatic carbocycles. The van der Waals surface area contributed by atoms with Crippen LogP contribution in [0, 0.1) is 0 Å². The molecule has 0 unspecified atom stereocenters. The number of carbonyl (C=O) groups excluding carboxylic acids is 1. The lowest BCUT2D eigenvalue weighted by Gasteiger charge is -2.04. The Morgan fingerprint density at radius 2 is 2.41 bits per heavy atom. The van der Waals surface area contributed by atoms with Crippen LogP contribution in [0.5, 0.6) is 0 Å². The van der Waals surface area contributed by atoms with Crippen LogP contribution < -0.4 is 11.1 Å². The number of nitrogen functional groups attached to an aromatic ring is 1. The van der Waals surface area contributed by atoms with E-state index in [0.29, 0.717) is 21.7 Å². The summed E-state index contributed by atoms with van der Waals surface area (Å²) in [4.78, 5) is 19.6. The highest BCUT2D eigenvalue weighted by Gasteiger charge is 2.09. The molecule has 0 aliphatic heterocycles. The van der Waals surface area contributed by atoms with Crippen LogP contribution in [0.1, 0.15) is 5.69 Å². The van der Waals surface area contributed by atoms with E-state index in [-0.39, 0.29) is 12.3 Å². The fourth-order valence-electron chi connectivity index (χ4n) is 1.22. The van der Waals surface area contributed by atoms with E-state index in [1.807, 2.05) is 0 Å². The average molecular weight is 269 g/mol. The summed E-state index contributed by atoms with van der Waals surface area (Å²) in [7, 11) is 0. The van der Waals surface area contributed by atoms with Crippen LogP contribution in [0.4, 0.5) is 10.9 Å². The molecule has 5 nitrogen and oxygen atoms in total. The van der Waals surface area contributed by atoms with Gasteiger partial charge >= 0.3 is 0 Å². The minimum atomic E-state index is -0.226. The van der Waals surface area contributed by atoms with Crippen molar-refractivity contribution in [3.05, 3.63) is 34.4 Å². The summed E-state index contributed by atoms with van der Waals surface area (Å²) in [6.07, 6.45) is 1.71. The molecule has 0 bridgehead atoms. The molecule has 17 heavy (non-hydrogen) atoms. The number of anilines is 2. The summed E-state index contributed by atoms with van der Waals surface area (Å²) in [5, 5.41) is 5.20. The van der Waals surface area contributed by atoms with Gasteiger partial charge in [0.2, 0.25) is 5.91 Å². The molecule has 0 saturated carbocycles. The van der Waals surface area contributed by atoms with Crippen molar-refractivity contribution in [3.63, 3.8) is 0 Å². The van der Waals surface area contributed by atoms with Crippen LogP contribution in [0.15, 0.2) is 23.7 Å². The van der Waals surface area contributed by atoms with Crippen molar-refractivity contribution in [1.82, 2.24) is 9.97 Å². The smallest absolute Gasteiger partial charge is 0.231 e. The molecular weight excluding hydrogens is 260 g/mol.